The predicted molar refractivity (Wildman–Crippen MR) is 118 cm³/mol. The number of aromatic nitrogens is 1. The summed E-state index contributed by atoms with van der Waals surface area (Å²) in [6, 6.07) is 11.7. The Morgan fingerprint density at radius 3 is 2.29 bits per heavy atom. The van der Waals surface area contributed by atoms with Gasteiger partial charge in [-0.2, -0.15) is 0 Å². The molecule has 8 heteroatoms. The monoisotopic (exact) mass is 441 g/mol. The van der Waals surface area contributed by atoms with Crippen LogP contribution in [-0.2, 0) is 10.0 Å². The highest BCUT2D eigenvalue weighted by Crippen LogP contribution is 2.40. The Bertz CT molecular complexity index is 1040. The van der Waals surface area contributed by atoms with Crippen molar-refractivity contribution in [2.24, 2.45) is 0 Å². The minimum absolute atomic E-state index is 0.0736. The van der Waals surface area contributed by atoms with E-state index < -0.39 is 10.0 Å². The maximum atomic E-state index is 12.8. The van der Waals surface area contributed by atoms with Gasteiger partial charge in [-0.1, -0.05) is 12.1 Å². The number of amides is 1. The molecule has 3 heterocycles. The van der Waals surface area contributed by atoms with Gasteiger partial charge in [0.1, 0.15) is 17.7 Å². The standard InChI is InChI=1S/C23H27N3O4S/c27-23(19-6-9-22(24-16-19)26-12-1-15-31(26,28)29)25-13-10-21(11-14-25)30-20-7-4-18(5-8-20)17-2-3-17/h4-9,16-17,21H,1-3,10-15H2. The summed E-state index contributed by atoms with van der Waals surface area (Å²) in [7, 11) is -3.27. The van der Waals surface area contributed by atoms with Crippen LogP contribution >= 0.6 is 0 Å². The fourth-order valence-electron chi connectivity index (χ4n) is 4.34. The van der Waals surface area contributed by atoms with Gasteiger partial charge in [0.05, 0.1) is 11.3 Å². The summed E-state index contributed by atoms with van der Waals surface area (Å²) in [5.74, 6) is 2.10. The average molecular weight is 442 g/mol. The van der Waals surface area contributed by atoms with E-state index in [9.17, 15) is 13.2 Å². The maximum absolute atomic E-state index is 12.8. The number of piperidine rings is 1. The number of pyridine rings is 1. The summed E-state index contributed by atoms with van der Waals surface area (Å²) in [4.78, 5) is 18.9. The number of nitrogens with zero attached hydrogens (tertiary/aromatic N) is 3. The summed E-state index contributed by atoms with van der Waals surface area (Å²) in [5, 5.41) is 0. The summed E-state index contributed by atoms with van der Waals surface area (Å²) >= 11 is 0. The van der Waals surface area contributed by atoms with Crippen molar-refractivity contribution in [2.45, 2.75) is 44.1 Å². The van der Waals surface area contributed by atoms with Gasteiger partial charge in [0.15, 0.2) is 0 Å². The first-order valence-corrected chi connectivity index (χ1v) is 12.6. The van der Waals surface area contributed by atoms with Crippen molar-refractivity contribution in [3.63, 3.8) is 0 Å². The van der Waals surface area contributed by atoms with Crippen LogP contribution in [0.1, 0.15) is 53.9 Å². The second-order valence-corrected chi connectivity index (χ2v) is 10.6. The van der Waals surface area contributed by atoms with Crippen LogP contribution in [0.3, 0.4) is 0 Å². The van der Waals surface area contributed by atoms with Crippen molar-refractivity contribution in [3.8, 4) is 5.75 Å². The van der Waals surface area contributed by atoms with Gasteiger partial charge in [-0.05, 0) is 55.0 Å². The number of hydrogen-bond donors (Lipinski definition) is 0. The molecule has 1 saturated carbocycles. The molecule has 3 aliphatic rings. The van der Waals surface area contributed by atoms with Crippen molar-refractivity contribution < 1.29 is 17.9 Å². The number of sulfonamides is 1. The zero-order chi connectivity index (χ0) is 21.4. The molecular formula is C23H27N3O4S. The zero-order valence-electron chi connectivity index (χ0n) is 17.4. The van der Waals surface area contributed by atoms with Crippen LogP contribution in [-0.4, -0.2) is 55.7 Å². The zero-order valence-corrected chi connectivity index (χ0v) is 18.3. The van der Waals surface area contributed by atoms with E-state index in [0.717, 1.165) is 24.5 Å². The van der Waals surface area contributed by atoms with Crippen LogP contribution < -0.4 is 9.04 Å². The van der Waals surface area contributed by atoms with E-state index in [1.165, 1.54) is 28.9 Å². The van der Waals surface area contributed by atoms with E-state index in [4.69, 9.17) is 4.74 Å². The van der Waals surface area contributed by atoms with Crippen LogP contribution in [0.15, 0.2) is 42.6 Å². The molecule has 1 amide bonds. The molecule has 2 aliphatic heterocycles. The topological polar surface area (TPSA) is 79.8 Å². The summed E-state index contributed by atoms with van der Waals surface area (Å²) < 4.78 is 31.5. The molecule has 1 aromatic heterocycles. The van der Waals surface area contributed by atoms with E-state index in [1.807, 2.05) is 4.90 Å². The predicted octanol–water partition coefficient (Wildman–Crippen LogP) is 3.18. The molecule has 0 unspecified atom stereocenters. The van der Waals surface area contributed by atoms with Crippen molar-refractivity contribution in [2.75, 3.05) is 29.7 Å². The minimum Gasteiger partial charge on any atom is -0.490 e. The van der Waals surface area contributed by atoms with Crippen molar-refractivity contribution in [1.82, 2.24) is 9.88 Å². The lowest BCUT2D eigenvalue weighted by atomic mass is 10.1. The van der Waals surface area contributed by atoms with Crippen LogP contribution in [0.2, 0.25) is 0 Å². The fraction of sp³-hybridized carbons (Fsp3) is 0.478. The molecule has 5 rings (SSSR count). The molecule has 2 saturated heterocycles. The highest BCUT2D eigenvalue weighted by atomic mass is 32.2. The van der Waals surface area contributed by atoms with Gasteiger partial charge in [-0.15, -0.1) is 0 Å². The Hall–Kier alpha value is -2.61. The number of carbonyl (C=O) groups excluding carboxylic acids is 1. The molecule has 1 aromatic carbocycles. The molecule has 0 atom stereocenters. The third-order valence-electron chi connectivity index (χ3n) is 6.31. The lowest BCUT2D eigenvalue weighted by Crippen LogP contribution is -2.41. The summed E-state index contributed by atoms with van der Waals surface area (Å²) in [6.45, 7) is 1.71. The van der Waals surface area contributed by atoms with Crippen molar-refractivity contribution in [3.05, 3.63) is 53.7 Å². The van der Waals surface area contributed by atoms with Gasteiger partial charge >= 0.3 is 0 Å². The lowest BCUT2D eigenvalue weighted by Gasteiger charge is -2.32. The number of likely N-dealkylation sites (tertiary alicyclic amines) is 1. The van der Waals surface area contributed by atoms with E-state index in [1.54, 1.807) is 12.1 Å². The fourth-order valence-corrected chi connectivity index (χ4v) is 5.86. The molecule has 0 radical (unpaired) electrons. The molecule has 7 nitrogen and oxygen atoms in total. The number of carbonyl (C=O) groups is 1. The first kappa shape index (κ1) is 20.3. The highest BCUT2D eigenvalue weighted by Gasteiger charge is 2.30. The molecule has 31 heavy (non-hydrogen) atoms. The molecule has 164 valence electrons. The van der Waals surface area contributed by atoms with Gasteiger partial charge in [-0.3, -0.25) is 9.10 Å². The highest BCUT2D eigenvalue weighted by molar-refractivity contribution is 7.93. The number of ether oxygens (including phenoxy) is 1. The smallest absolute Gasteiger partial charge is 0.255 e. The molecule has 0 N–H and O–H groups in total. The Labute approximate surface area is 183 Å². The minimum atomic E-state index is -3.27. The van der Waals surface area contributed by atoms with E-state index >= 15 is 0 Å². The summed E-state index contributed by atoms with van der Waals surface area (Å²) in [6.07, 6.45) is 6.35. The third kappa shape index (κ3) is 4.39. The largest absolute Gasteiger partial charge is 0.490 e. The Kier molecular flexibility index (Phi) is 5.33. The van der Waals surface area contributed by atoms with E-state index in [-0.39, 0.29) is 17.8 Å². The van der Waals surface area contributed by atoms with Crippen LogP contribution in [0.4, 0.5) is 5.82 Å². The van der Waals surface area contributed by atoms with Gasteiger partial charge in [0.2, 0.25) is 10.0 Å². The Balaban J connectivity index is 1.15. The molecule has 2 aromatic rings. The maximum Gasteiger partial charge on any atom is 0.255 e. The van der Waals surface area contributed by atoms with E-state index in [0.29, 0.717) is 37.4 Å². The second kappa shape index (κ2) is 8.15. The summed E-state index contributed by atoms with van der Waals surface area (Å²) in [5.41, 5.74) is 1.88. The number of hydrogen-bond acceptors (Lipinski definition) is 5. The number of anilines is 1. The molecule has 0 bridgehead atoms. The number of benzene rings is 1. The van der Waals surface area contributed by atoms with Crippen molar-refractivity contribution in [1.29, 1.82) is 0 Å². The van der Waals surface area contributed by atoms with Crippen LogP contribution in [0, 0.1) is 0 Å². The lowest BCUT2D eigenvalue weighted by molar-refractivity contribution is 0.0595. The molecule has 1 aliphatic carbocycles. The van der Waals surface area contributed by atoms with Gasteiger partial charge in [0, 0.05) is 38.7 Å². The first-order chi connectivity index (χ1) is 15.0. The molecular weight excluding hydrogens is 414 g/mol. The Morgan fingerprint density at radius 1 is 0.968 bits per heavy atom. The molecule has 3 fully saturated rings. The van der Waals surface area contributed by atoms with E-state index in [2.05, 4.69) is 29.2 Å². The van der Waals surface area contributed by atoms with Gasteiger partial charge in [-0.25, -0.2) is 13.4 Å². The SMILES string of the molecule is O=C(c1ccc(N2CCCS2(=O)=O)nc1)N1CCC(Oc2ccc(C3CC3)cc2)CC1. The first-order valence-electron chi connectivity index (χ1n) is 11.0. The normalized spacial score (nSPS) is 21.3. The number of rotatable bonds is 5. The van der Waals surface area contributed by atoms with Crippen LogP contribution in [0.5, 0.6) is 5.75 Å². The molecule has 0 spiro atoms. The Morgan fingerprint density at radius 2 is 1.71 bits per heavy atom. The average Bonchev–Trinajstić information content (AvgIpc) is 3.57. The van der Waals surface area contributed by atoms with Crippen LogP contribution in [0.25, 0.3) is 0 Å². The second-order valence-electron chi connectivity index (χ2n) is 8.60. The third-order valence-corrected chi connectivity index (χ3v) is 8.16. The van der Waals surface area contributed by atoms with Crippen molar-refractivity contribution >= 4 is 21.7 Å². The van der Waals surface area contributed by atoms with Gasteiger partial charge in [0.25, 0.3) is 5.91 Å². The quantitative estimate of drug-likeness (QED) is 0.712. The van der Waals surface area contributed by atoms with Gasteiger partial charge < -0.3 is 9.64 Å².